The molecule has 0 aliphatic rings. The molecule has 0 aliphatic heterocycles. The summed E-state index contributed by atoms with van der Waals surface area (Å²) in [4.78, 5) is 0. The van der Waals surface area contributed by atoms with Crippen LogP contribution in [0.1, 0.15) is 25.4 Å². The minimum atomic E-state index is 0.914. The molecule has 136 valence electrons. The maximum absolute atomic E-state index is 5.96. The Labute approximate surface area is 162 Å². The lowest BCUT2D eigenvalue weighted by atomic mass is 9.96. The fraction of sp³-hybridized carbons (Fsp3) is 0.154. The molecule has 28 heavy (non-hydrogen) atoms. The fourth-order valence-corrected chi connectivity index (χ4v) is 4.40. The summed E-state index contributed by atoms with van der Waals surface area (Å²) in [6.07, 6.45) is 1.83. The lowest BCUT2D eigenvalue weighted by molar-refractivity contribution is 0.557. The van der Waals surface area contributed by atoms with Gasteiger partial charge in [0.25, 0.3) is 0 Å². The molecule has 0 radical (unpaired) electrons. The quantitative estimate of drug-likeness (QED) is 0.293. The van der Waals surface area contributed by atoms with E-state index in [-0.39, 0.29) is 0 Å². The predicted octanol–water partition coefficient (Wildman–Crippen LogP) is 7.76. The van der Waals surface area contributed by atoms with E-state index in [1.165, 1.54) is 43.1 Å². The Kier molecular flexibility index (Phi) is 3.16. The molecule has 0 unspecified atom stereocenters. The van der Waals surface area contributed by atoms with Gasteiger partial charge in [0.15, 0.2) is 0 Å². The third kappa shape index (κ3) is 2.15. The van der Waals surface area contributed by atoms with E-state index in [1.54, 1.807) is 0 Å². The van der Waals surface area contributed by atoms with Crippen LogP contribution in [-0.2, 0) is 12.8 Å². The summed E-state index contributed by atoms with van der Waals surface area (Å²) in [5.41, 5.74) is 1.94. The highest BCUT2D eigenvalue weighted by atomic mass is 16.3. The predicted molar refractivity (Wildman–Crippen MR) is 117 cm³/mol. The summed E-state index contributed by atoms with van der Waals surface area (Å²) in [5, 5.41) is 9.90. The number of hydrogen-bond acceptors (Lipinski definition) is 2. The largest absolute Gasteiger partial charge is 0.461 e. The second-order valence-electron chi connectivity index (χ2n) is 7.58. The molecule has 0 saturated heterocycles. The van der Waals surface area contributed by atoms with Crippen LogP contribution in [0.3, 0.4) is 0 Å². The fourth-order valence-electron chi connectivity index (χ4n) is 4.40. The van der Waals surface area contributed by atoms with Gasteiger partial charge in [0.2, 0.25) is 0 Å². The summed E-state index contributed by atoms with van der Waals surface area (Å²) >= 11 is 0. The van der Waals surface area contributed by atoms with Gasteiger partial charge in [-0.05, 0) is 68.7 Å². The first-order valence-corrected chi connectivity index (χ1v) is 9.97. The van der Waals surface area contributed by atoms with Crippen molar-refractivity contribution in [3.63, 3.8) is 0 Å². The Morgan fingerprint density at radius 2 is 0.964 bits per heavy atom. The van der Waals surface area contributed by atoms with Crippen LogP contribution in [0, 0.1) is 0 Å². The van der Waals surface area contributed by atoms with Crippen LogP contribution in [0.4, 0.5) is 0 Å². The number of aryl methyl sites for hydroxylation is 2. The van der Waals surface area contributed by atoms with Gasteiger partial charge in [0.1, 0.15) is 22.7 Å². The lowest BCUT2D eigenvalue weighted by Gasteiger charge is -2.08. The monoisotopic (exact) mass is 364 g/mol. The third-order valence-electron chi connectivity index (χ3n) is 5.91. The van der Waals surface area contributed by atoms with Crippen molar-refractivity contribution in [2.45, 2.75) is 26.7 Å². The van der Waals surface area contributed by atoms with E-state index in [4.69, 9.17) is 8.83 Å². The highest BCUT2D eigenvalue weighted by Crippen LogP contribution is 2.36. The molecule has 2 heteroatoms. The third-order valence-corrected chi connectivity index (χ3v) is 5.91. The van der Waals surface area contributed by atoms with Gasteiger partial charge >= 0.3 is 0 Å². The molecule has 0 atom stereocenters. The summed E-state index contributed by atoms with van der Waals surface area (Å²) in [6.45, 7) is 4.25. The molecule has 0 spiro atoms. The number of benzene rings is 4. The Morgan fingerprint density at radius 1 is 0.500 bits per heavy atom. The Morgan fingerprint density at radius 3 is 1.39 bits per heavy atom. The van der Waals surface area contributed by atoms with E-state index in [2.05, 4.69) is 74.5 Å². The van der Waals surface area contributed by atoms with E-state index in [9.17, 15) is 0 Å². The molecule has 2 aromatic heterocycles. The molecule has 2 nitrogen and oxygen atoms in total. The minimum Gasteiger partial charge on any atom is -0.461 e. The summed E-state index contributed by atoms with van der Waals surface area (Å²) < 4.78 is 11.9. The van der Waals surface area contributed by atoms with E-state index in [0.29, 0.717) is 0 Å². The van der Waals surface area contributed by atoms with E-state index in [1.807, 2.05) is 0 Å². The van der Waals surface area contributed by atoms with Crippen molar-refractivity contribution in [3.8, 4) is 0 Å². The van der Waals surface area contributed by atoms with Crippen LogP contribution < -0.4 is 0 Å². The Hall–Kier alpha value is -3.26. The molecule has 0 N–H and O–H groups in total. The number of rotatable bonds is 2. The van der Waals surface area contributed by atoms with Crippen molar-refractivity contribution < 1.29 is 8.83 Å². The summed E-state index contributed by atoms with van der Waals surface area (Å²) in [6, 6.07) is 22.1. The van der Waals surface area contributed by atoms with Crippen molar-refractivity contribution in [1.82, 2.24) is 0 Å². The van der Waals surface area contributed by atoms with Gasteiger partial charge in [0, 0.05) is 23.6 Å². The maximum atomic E-state index is 5.96. The van der Waals surface area contributed by atoms with Gasteiger partial charge in [-0.3, -0.25) is 0 Å². The zero-order valence-corrected chi connectivity index (χ0v) is 16.0. The van der Waals surface area contributed by atoms with Gasteiger partial charge in [-0.25, -0.2) is 0 Å². The van der Waals surface area contributed by atoms with Crippen LogP contribution in [0.15, 0.2) is 69.5 Å². The van der Waals surface area contributed by atoms with E-state index >= 15 is 0 Å². The van der Waals surface area contributed by atoms with Crippen molar-refractivity contribution in [3.05, 3.63) is 72.2 Å². The molecular formula is C26H20O2. The zero-order chi connectivity index (χ0) is 18.8. The van der Waals surface area contributed by atoms with Crippen LogP contribution in [0.5, 0.6) is 0 Å². The number of fused-ring (bicyclic) bond motifs is 7. The molecule has 2 heterocycles. The van der Waals surface area contributed by atoms with Gasteiger partial charge in [-0.1, -0.05) is 38.1 Å². The smallest absolute Gasteiger partial charge is 0.134 e. The summed E-state index contributed by atoms with van der Waals surface area (Å²) in [7, 11) is 0. The second-order valence-corrected chi connectivity index (χ2v) is 7.58. The zero-order valence-electron chi connectivity index (χ0n) is 16.0. The first-order valence-electron chi connectivity index (χ1n) is 9.97. The van der Waals surface area contributed by atoms with Gasteiger partial charge < -0.3 is 8.83 Å². The first-order chi connectivity index (χ1) is 13.7. The second kappa shape index (κ2) is 5.62. The first kappa shape index (κ1) is 15.8. The molecular weight excluding hydrogens is 344 g/mol. The van der Waals surface area contributed by atoms with Gasteiger partial charge in [-0.2, -0.15) is 0 Å². The molecule has 6 rings (SSSR count). The van der Waals surface area contributed by atoms with Crippen molar-refractivity contribution in [2.75, 3.05) is 0 Å². The molecule has 0 aliphatic carbocycles. The lowest BCUT2D eigenvalue weighted by Crippen LogP contribution is -1.81. The van der Waals surface area contributed by atoms with Gasteiger partial charge in [0.05, 0.1) is 0 Å². The van der Waals surface area contributed by atoms with Crippen molar-refractivity contribution in [1.29, 1.82) is 0 Å². The van der Waals surface area contributed by atoms with Crippen LogP contribution in [0.25, 0.3) is 54.3 Å². The molecule has 4 aromatic carbocycles. The minimum absolute atomic E-state index is 0.914. The molecule has 0 bridgehead atoms. The van der Waals surface area contributed by atoms with Crippen LogP contribution >= 0.6 is 0 Å². The summed E-state index contributed by atoms with van der Waals surface area (Å²) in [5.74, 6) is 2.07. The van der Waals surface area contributed by atoms with E-state index < -0.39 is 0 Å². The average Bonchev–Trinajstić information content (AvgIpc) is 3.32. The molecule has 0 saturated carbocycles. The van der Waals surface area contributed by atoms with Crippen molar-refractivity contribution >= 4 is 54.3 Å². The Bertz CT molecular complexity index is 1410. The number of hydrogen-bond donors (Lipinski definition) is 0. The molecule has 0 amide bonds. The highest BCUT2D eigenvalue weighted by Gasteiger charge is 2.11. The van der Waals surface area contributed by atoms with Crippen LogP contribution in [-0.4, -0.2) is 0 Å². The topological polar surface area (TPSA) is 26.3 Å². The van der Waals surface area contributed by atoms with Gasteiger partial charge in [-0.15, -0.1) is 0 Å². The van der Waals surface area contributed by atoms with Crippen molar-refractivity contribution in [2.24, 2.45) is 0 Å². The van der Waals surface area contributed by atoms with Crippen LogP contribution in [0.2, 0.25) is 0 Å². The highest BCUT2D eigenvalue weighted by molar-refractivity contribution is 6.20. The maximum Gasteiger partial charge on any atom is 0.134 e. The Balaban J connectivity index is 1.71. The normalized spacial score (nSPS) is 12.2. The van der Waals surface area contributed by atoms with E-state index in [0.717, 1.165) is 35.5 Å². The SMILES string of the molecule is CCc1cc2cc3c(ccc4c5cc6cc(CC)oc6cc5ccc34)cc2o1. The molecule has 0 fully saturated rings. The average molecular weight is 364 g/mol. The standard InChI is InChI=1S/C26H20O2/c1-3-19-9-17-11-23-15(13-25(17)27-19)5-7-22-21(23)8-6-16-14-26-18(12-24(16)22)10-20(4-2)28-26/h5-14H,3-4H2,1-2H3. The molecule has 6 aromatic rings. The number of furan rings is 2.